The molecule has 0 saturated heterocycles. The van der Waals surface area contributed by atoms with E-state index in [2.05, 4.69) is 9.72 Å². The van der Waals surface area contributed by atoms with Crippen LogP contribution in [0.4, 0.5) is 0 Å². The van der Waals surface area contributed by atoms with Gasteiger partial charge in [0.2, 0.25) is 10.0 Å². The molecule has 0 atom stereocenters. The van der Waals surface area contributed by atoms with Crippen molar-refractivity contribution in [3.63, 3.8) is 0 Å². The minimum atomic E-state index is -3.74. The first kappa shape index (κ1) is 18.2. The van der Waals surface area contributed by atoms with Gasteiger partial charge >= 0.3 is 5.97 Å². The molecule has 0 saturated carbocycles. The van der Waals surface area contributed by atoms with Crippen molar-refractivity contribution < 1.29 is 17.9 Å². The highest BCUT2D eigenvalue weighted by atomic mass is 32.2. The third-order valence-electron chi connectivity index (χ3n) is 3.57. The summed E-state index contributed by atoms with van der Waals surface area (Å²) in [6.07, 6.45) is 1.86. The van der Waals surface area contributed by atoms with Crippen LogP contribution in [0, 0.1) is 0 Å². The smallest absolute Gasteiger partial charge is 0.354 e. The molecule has 0 aliphatic rings. The standard InChI is InChI=1S/C16H21N3O4S/c1-23-16(20)15-11-14(12-18-15)24(21,22)19(10-8-17)9-7-13-5-3-2-4-6-13/h2-6,11-12,18H,7-10,17H2,1H3. The van der Waals surface area contributed by atoms with Gasteiger partial charge in [-0.25, -0.2) is 13.2 Å². The number of aromatic amines is 1. The summed E-state index contributed by atoms with van der Waals surface area (Å²) in [7, 11) is -2.51. The zero-order chi connectivity index (χ0) is 17.6. The van der Waals surface area contributed by atoms with Gasteiger partial charge in [-0.15, -0.1) is 0 Å². The summed E-state index contributed by atoms with van der Waals surface area (Å²) in [5.41, 5.74) is 6.69. The second kappa shape index (κ2) is 8.09. The Morgan fingerprint density at radius 1 is 1.25 bits per heavy atom. The Morgan fingerprint density at radius 3 is 2.58 bits per heavy atom. The Hall–Kier alpha value is -2.16. The predicted molar refractivity (Wildman–Crippen MR) is 90.1 cm³/mol. The fraction of sp³-hybridized carbons (Fsp3) is 0.312. The molecule has 0 bridgehead atoms. The number of aromatic nitrogens is 1. The van der Waals surface area contributed by atoms with Gasteiger partial charge in [-0.2, -0.15) is 4.31 Å². The van der Waals surface area contributed by atoms with E-state index in [1.807, 2.05) is 30.3 Å². The summed E-state index contributed by atoms with van der Waals surface area (Å²) >= 11 is 0. The van der Waals surface area contributed by atoms with Crippen molar-refractivity contribution in [3.8, 4) is 0 Å². The maximum atomic E-state index is 12.8. The van der Waals surface area contributed by atoms with E-state index in [4.69, 9.17) is 5.73 Å². The van der Waals surface area contributed by atoms with Gasteiger partial charge in [0.15, 0.2) is 0 Å². The first-order valence-corrected chi connectivity index (χ1v) is 8.94. The fourth-order valence-electron chi connectivity index (χ4n) is 2.29. The Balaban J connectivity index is 2.18. The van der Waals surface area contributed by atoms with Crippen molar-refractivity contribution in [1.29, 1.82) is 0 Å². The highest BCUT2D eigenvalue weighted by Gasteiger charge is 2.26. The van der Waals surface area contributed by atoms with Crippen LogP contribution in [-0.4, -0.2) is 50.4 Å². The maximum Gasteiger partial charge on any atom is 0.354 e. The maximum absolute atomic E-state index is 12.8. The largest absolute Gasteiger partial charge is 0.464 e. The van der Waals surface area contributed by atoms with Gasteiger partial charge in [0.1, 0.15) is 10.6 Å². The van der Waals surface area contributed by atoms with Crippen LogP contribution in [0.15, 0.2) is 47.5 Å². The molecule has 1 aromatic heterocycles. The first-order valence-electron chi connectivity index (χ1n) is 7.50. The number of hydrogen-bond acceptors (Lipinski definition) is 5. The van der Waals surface area contributed by atoms with Gasteiger partial charge in [-0.1, -0.05) is 30.3 Å². The lowest BCUT2D eigenvalue weighted by molar-refractivity contribution is 0.0594. The summed E-state index contributed by atoms with van der Waals surface area (Å²) < 4.78 is 31.4. The molecule has 7 nitrogen and oxygen atoms in total. The normalized spacial score (nSPS) is 11.6. The van der Waals surface area contributed by atoms with Gasteiger partial charge in [0, 0.05) is 25.8 Å². The van der Waals surface area contributed by atoms with Crippen molar-refractivity contribution in [2.24, 2.45) is 5.73 Å². The molecule has 0 unspecified atom stereocenters. The van der Waals surface area contributed by atoms with Crippen LogP contribution in [0.3, 0.4) is 0 Å². The second-order valence-electron chi connectivity index (χ2n) is 5.17. The zero-order valence-corrected chi connectivity index (χ0v) is 14.3. The number of hydrogen-bond donors (Lipinski definition) is 2. The Bertz CT molecular complexity index is 772. The van der Waals surface area contributed by atoms with Crippen LogP contribution < -0.4 is 5.73 Å². The summed E-state index contributed by atoms with van der Waals surface area (Å²) in [4.78, 5) is 14.1. The van der Waals surface area contributed by atoms with Crippen molar-refractivity contribution >= 4 is 16.0 Å². The van der Waals surface area contributed by atoms with Crippen LogP contribution in [0.2, 0.25) is 0 Å². The summed E-state index contributed by atoms with van der Waals surface area (Å²) in [5, 5.41) is 0. The third kappa shape index (κ3) is 4.22. The number of sulfonamides is 1. The third-order valence-corrected chi connectivity index (χ3v) is 5.45. The molecule has 24 heavy (non-hydrogen) atoms. The van der Waals surface area contributed by atoms with Crippen LogP contribution in [0.5, 0.6) is 0 Å². The first-order chi connectivity index (χ1) is 11.5. The van der Waals surface area contributed by atoms with Gasteiger partial charge in [-0.3, -0.25) is 0 Å². The van der Waals surface area contributed by atoms with E-state index in [9.17, 15) is 13.2 Å². The van der Waals surface area contributed by atoms with Crippen LogP contribution >= 0.6 is 0 Å². The monoisotopic (exact) mass is 351 g/mol. The van der Waals surface area contributed by atoms with Crippen molar-refractivity contribution in [1.82, 2.24) is 9.29 Å². The topological polar surface area (TPSA) is 105 Å². The molecule has 0 spiro atoms. The quantitative estimate of drug-likeness (QED) is 0.690. The lowest BCUT2D eigenvalue weighted by Gasteiger charge is -2.20. The minimum Gasteiger partial charge on any atom is -0.464 e. The number of nitrogens with zero attached hydrogens (tertiary/aromatic N) is 1. The Kier molecular flexibility index (Phi) is 6.13. The van der Waals surface area contributed by atoms with Gasteiger partial charge in [0.05, 0.1) is 7.11 Å². The van der Waals surface area contributed by atoms with E-state index in [-0.39, 0.29) is 23.7 Å². The molecule has 3 N–H and O–H groups in total. The molecule has 0 fully saturated rings. The highest BCUT2D eigenvalue weighted by molar-refractivity contribution is 7.89. The molecule has 2 aromatic rings. The second-order valence-corrected chi connectivity index (χ2v) is 7.11. The number of nitrogens with one attached hydrogen (secondary N) is 1. The van der Waals surface area contributed by atoms with E-state index >= 15 is 0 Å². The number of carbonyl (C=O) groups excluding carboxylic acids is 1. The molecule has 0 aliphatic carbocycles. The van der Waals surface area contributed by atoms with E-state index in [1.54, 1.807) is 0 Å². The number of benzene rings is 1. The molecule has 1 heterocycles. The SMILES string of the molecule is COC(=O)c1cc(S(=O)(=O)N(CCN)CCc2ccccc2)c[nH]1. The molecular formula is C16H21N3O4S. The van der Waals surface area contributed by atoms with Crippen molar-refractivity contribution in [3.05, 3.63) is 53.9 Å². The van der Waals surface area contributed by atoms with Crippen molar-refractivity contribution in [2.75, 3.05) is 26.7 Å². The molecule has 8 heteroatoms. The number of H-pyrrole nitrogens is 1. The molecule has 2 rings (SSSR count). The van der Waals surface area contributed by atoms with Crippen LogP contribution in [0.1, 0.15) is 16.1 Å². The molecule has 130 valence electrons. The lowest BCUT2D eigenvalue weighted by atomic mass is 10.1. The predicted octanol–water partition coefficient (Wildman–Crippen LogP) is 0.993. The van der Waals surface area contributed by atoms with E-state index in [1.165, 1.54) is 23.7 Å². The Labute approximate surface area is 141 Å². The number of nitrogens with two attached hydrogens (primary N) is 1. The van der Waals surface area contributed by atoms with Crippen LogP contribution in [-0.2, 0) is 21.2 Å². The zero-order valence-electron chi connectivity index (χ0n) is 13.4. The molecule has 1 aromatic carbocycles. The average molecular weight is 351 g/mol. The van der Waals surface area contributed by atoms with E-state index < -0.39 is 16.0 Å². The van der Waals surface area contributed by atoms with Gasteiger partial charge in [0.25, 0.3) is 0 Å². The number of ether oxygens (including phenoxy) is 1. The van der Waals surface area contributed by atoms with Crippen LogP contribution in [0.25, 0.3) is 0 Å². The summed E-state index contributed by atoms with van der Waals surface area (Å²) in [6.45, 7) is 0.721. The van der Waals surface area contributed by atoms with E-state index in [0.717, 1.165) is 5.56 Å². The molecule has 0 radical (unpaired) electrons. The molecule has 0 aliphatic heterocycles. The average Bonchev–Trinajstić information content (AvgIpc) is 3.09. The number of esters is 1. The summed E-state index contributed by atoms with van der Waals surface area (Å²) in [6, 6.07) is 10.9. The molecular weight excluding hydrogens is 330 g/mol. The fourth-order valence-corrected chi connectivity index (χ4v) is 3.75. The minimum absolute atomic E-state index is 0.0180. The molecule has 0 amide bonds. The highest BCUT2D eigenvalue weighted by Crippen LogP contribution is 2.18. The number of methoxy groups -OCH3 is 1. The number of rotatable bonds is 8. The van der Waals surface area contributed by atoms with Gasteiger partial charge in [-0.05, 0) is 18.1 Å². The van der Waals surface area contributed by atoms with Crippen molar-refractivity contribution in [2.45, 2.75) is 11.3 Å². The summed E-state index contributed by atoms with van der Waals surface area (Å²) in [5.74, 6) is -0.619. The number of carbonyl (C=O) groups is 1. The lowest BCUT2D eigenvalue weighted by Crippen LogP contribution is -2.36. The van der Waals surface area contributed by atoms with Gasteiger partial charge < -0.3 is 15.5 Å². The Morgan fingerprint density at radius 2 is 1.96 bits per heavy atom. The van der Waals surface area contributed by atoms with E-state index in [0.29, 0.717) is 13.0 Å².